The first-order chi connectivity index (χ1) is 14.0. The lowest BCUT2D eigenvalue weighted by molar-refractivity contribution is -0.129. The number of hydrogen-bond donors (Lipinski definition) is 2. The third-order valence-electron chi connectivity index (χ3n) is 4.18. The number of amides is 2. The Labute approximate surface area is 173 Å². The van der Waals surface area contributed by atoms with Crippen molar-refractivity contribution in [3.05, 3.63) is 81.3 Å². The number of nitrogens with zero attached hydrogens (tertiary/aromatic N) is 1. The van der Waals surface area contributed by atoms with Crippen LogP contribution in [0.15, 0.2) is 53.9 Å². The number of nitrogens with one attached hydrogen (secondary N) is 2. The minimum Gasteiger partial charge on any atom is -0.483 e. The Morgan fingerprint density at radius 1 is 1.03 bits per heavy atom. The molecule has 0 saturated carbocycles. The summed E-state index contributed by atoms with van der Waals surface area (Å²) >= 11 is 1.52. The first-order valence-electron chi connectivity index (χ1n) is 9.24. The Morgan fingerprint density at radius 2 is 1.79 bits per heavy atom. The topological polar surface area (TPSA) is 80.3 Å². The van der Waals surface area contributed by atoms with Crippen LogP contribution in [0, 0.1) is 13.8 Å². The van der Waals surface area contributed by atoms with E-state index in [2.05, 4.69) is 15.8 Å². The largest absolute Gasteiger partial charge is 0.483 e. The molecule has 7 heteroatoms. The highest BCUT2D eigenvalue weighted by Gasteiger charge is 2.10. The van der Waals surface area contributed by atoms with Crippen molar-refractivity contribution in [3.8, 4) is 5.75 Å². The number of aryl methyl sites for hydroxylation is 2. The molecule has 0 fully saturated rings. The molecule has 2 N–H and O–H groups in total. The minimum absolute atomic E-state index is 0.101. The zero-order chi connectivity index (χ0) is 20.6. The van der Waals surface area contributed by atoms with Crippen LogP contribution in [-0.2, 0) is 22.4 Å². The van der Waals surface area contributed by atoms with Crippen molar-refractivity contribution in [1.29, 1.82) is 0 Å². The van der Waals surface area contributed by atoms with Gasteiger partial charge in [0, 0.05) is 11.8 Å². The Bertz CT molecular complexity index is 986. The van der Waals surface area contributed by atoms with Crippen LogP contribution in [0.2, 0.25) is 0 Å². The second-order valence-corrected chi connectivity index (χ2v) is 7.67. The van der Waals surface area contributed by atoms with Gasteiger partial charge in [-0.05, 0) is 36.6 Å². The monoisotopic (exact) mass is 409 g/mol. The number of thiazole rings is 1. The van der Waals surface area contributed by atoms with E-state index in [0.29, 0.717) is 11.4 Å². The molecular formula is C22H23N3O3S. The second-order valence-electron chi connectivity index (χ2n) is 6.73. The van der Waals surface area contributed by atoms with Gasteiger partial charge in [-0.3, -0.25) is 20.4 Å². The predicted molar refractivity (Wildman–Crippen MR) is 113 cm³/mol. The average molecular weight is 410 g/mol. The molecule has 0 aliphatic rings. The molecule has 6 nitrogen and oxygen atoms in total. The number of hydrogen-bond acceptors (Lipinski definition) is 5. The summed E-state index contributed by atoms with van der Waals surface area (Å²) in [5, 5.41) is 2.81. The molecule has 1 heterocycles. The lowest BCUT2D eigenvalue weighted by Crippen LogP contribution is -2.44. The maximum absolute atomic E-state index is 12.1. The van der Waals surface area contributed by atoms with E-state index in [9.17, 15) is 9.59 Å². The molecule has 1 aromatic heterocycles. The van der Waals surface area contributed by atoms with Gasteiger partial charge in [0.2, 0.25) is 5.91 Å². The molecule has 0 unspecified atom stereocenters. The number of ether oxygens (including phenoxy) is 1. The zero-order valence-electron chi connectivity index (χ0n) is 16.4. The minimum atomic E-state index is -0.428. The quantitative estimate of drug-likeness (QED) is 0.588. The van der Waals surface area contributed by atoms with E-state index >= 15 is 0 Å². The zero-order valence-corrected chi connectivity index (χ0v) is 17.2. The highest BCUT2D eigenvalue weighted by atomic mass is 32.1. The summed E-state index contributed by atoms with van der Waals surface area (Å²) in [5.41, 5.74) is 8.62. The molecule has 0 aliphatic heterocycles. The van der Waals surface area contributed by atoms with Gasteiger partial charge in [-0.25, -0.2) is 4.98 Å². The molecule has 0 aliphatic carbocycles. The number of hydrazine groups is 1. The van der Waals surface area contributed by atoms with E-state index in [-0.39, 0.29) is 18.9 Å². The van der Waals surface area contributed by atoms with Crippen molar-refractivity contribution in [1.82, 2.24) is 15.8 Å². The molecule has 3 aromatic rings. The lowest BCUT2D eigenvalue weighted by atomic mass is 10.1. The van der Waals surface area contributed by atoms with Gasteiger partial charge in [0.15, 0.2) is 6.61 Å². The van der Waals surface area contributed by atoms with Crippen LogP contribution in [0.5, 0.6) is 5.75 Å². The number of aromatic nitrogens is 1. The molecule has 0 radical (unpaired) electrons. The Balaban J connectivity index is 1.41. The van der Waals surface area contributed by atoms with Crippen LogP contribution >= 0.6 is 11.3 Å². The van der Waals surface area contributed by atoms with E-state index in [1.807, 2.05) is 67.8 Å². The molecule has 2 amide bonds. The predicted octanol–water partition coefficient (Wildman–Crippen LogP) is 3.12. The van der Waals surface area contributed by atoms with E-state index in [1.54, 1.807) is 0 Å². The van der Waals surface area contributed by atoms with Gasteiger partial charge in [-0.1, -0.05) is 42.5 Å². The SMILES string of the molecule is Cc1ccc(C)c(OCC(=O)NNC(=O)Cc2csc(Cc3ccccc3)n2)c1. The van der Waals surface area contributed by atoms with Crippen LogP contribution < -0.4 is 15.6 Å². The maximum Gasteiger partial charge on any atom is 0.276 e. The molecule has 0 saturated heterocycles. The Hall–Kier alpha value is -3.19. The van der Waals surface area contributed by atoms with Gasteiger partial charge in [-0.15, -0.1) is 11.3 Å². The van der Waals surface area contributed by atoms with Crippen molar-refractivity contribution >= 4 is 23.2 Å². The molecule has 0 atom stereocenters. The van der Waals surface area contributed by atoms with Crippen molar-refractivity contribution in [3.63, 3.8) is 0 Å². The molecule has 3 rings (SSSR count). The van der Waals surface area contributed by atoms with Crippen LogP contribution in [0.25, 0.3) is 0 Å². The lowest BCUT2D eigenvalue weighted by Gasteiger charge is -2.10. The number of benzene rings is 2. The van der Waals surface area contributed by atoms with E-state index in [1.165, 1.54) is 16.9 Å². The van der Waals surface area contributed by atoms with Gasteiger partial charge in [0.25, 0.3) is 5.91 Å². The van der Waals surface area contributed by atoms with E-state index < -0.39 is 5.91 Å². The Kier molecular flexibility index (Phi) is 6.97. The fraction of sp³-hybridized carbons (Fsp3) is 0.227. The van der Waals surface area contributed by atoms with Crippen LogP contribution in [-0.4, -0.2) is 23.4 Å². The molecule has 150 valence electrons. The maximum atomic E-state index is 12.1. The molecule has 0 bridgehead atoms. The molecular weight excluding hydrogens is 386 g/mol. The summed E-state index contributed by atoms with van der Waals surface area (Å²) in [6.07, 6.45) is 0.836. The smallest absolute Gasteiger partial charge is 0.276 e. The van der Waals surface area contributed by atoms with Gasteiger partial charge < -0.3 is 4.74 Å². The fourth-order valence-electron chi connectivity index (χ4n) is 2.67. The third-order valence-corrected chi connectivity index (χ3v) is 5.08. The number of rotatable bonds is 7. The summed E-state index contributed by atoms with van der Waals surface area (Å²) in [6, 6.07) is 15.8. The van der Waals surface area contributed by atoms with Crippen LogP contribution in [0.4, 0.5) is 0 Å². The summed E-state index contributed by atoms with van der Waals surface area (Å²) in [6.45, 7) is 3.69. The average Bonchev–Trinajstić information content (AvgIpc) is 3.14. The normalized spacial score (nSPS) is 10.4. The van der Waals surface area contributed by atoms with Crippen LogP contribution in [0.1, 0.15) is 27.4 Å². The van der Waals surface area contributed by atoms with Crippen LogP contribution in [0.3, 0.4) is 0 Å². The standard InChI is InChI=1S/C22H23N3O3S/c1-15-8-9-16(2)19(10-15)28-13-21(27)25-24-20(26)12-18-14-29-22(23-18)11-17-6-4-3-5-7-17/h3-10,14H,11-13H2,1-2H3,(H,24,26)(H,25,27). The summed E-state index contributed by atoms with van der Waals surface area (Å²) in [7, 11) is 0. The van der Waals surface area contributed by atoms with Crippen molar-refractivity contribution in [2.45, 2.75) is 26.7 Å². The highest BCUT2D eigenvalue weighted by molar-refractivity contribution is 7.09. The third kappa shape index (κ3) is 6.43. The van der Waals surface area contributed by atoms with E-state index in [4.69, 9.17) is 4.74 Å². The van der Waals surface area contributed by atoms with Crippen molar-refractivity contribution in [2.75, 3.05) is 6.61 Å². The molecule has 29 heavy (non-hydrogen) atoms. The summed E-state index contributed by atoms with van der Waals surface area (Å²) in [4.78, 5) is 28.5. The number of carbonyl (C=O) groups excluding carboxylic acids is 2. The highest BCUT2D eigenvalue weighted by Crippen LogP contribution is 2.19. The first kappa shape index (κ1) is 20.5. The Morgan fingerprint density at radius 3 is 2.59 bits per heavy atom. The van der Waals surface area contributed by atoms with Gasteiger partial charge in [0.1, 0.15) is 5.75 Å². The van der Waals surface area contributed by atoms with Gasteiger partial charge >= 0.3 is 0 Å². The van der Waals surface area contributed by atoms with E-state index in [0.717, 1.165) is 22.6 Å². The van der Waals surface area contributed by atoms with Gasteiger partial charge in [-0.2, -0.15) is 0 Å². The summed E-state index contributed by atoms with van der Waals surface area (Å²) in [5.74, 6) is -0.108. The number of carbonyl (C=O) groups is 2. The van der Waals surface area contributed by atoms with Crippen molar-refractivity contribution in [2.24, 2.45) is 0 Å². The fourth-order valence-corrected chi connectivity index (χ4v) is 3.50. The molecule has 0 spiro atoms. The first-order valence-corrected chi connectivity index (χ1v) is 10.1. The summed E-state index contributed by atoms with van der Waals surface area (Å²) < 4.78 is 5.52. The molecule has 2 aromatic carbocycles. The second kappa shape index (κ2) is 9.84. The van der Waals surface area contributed by atoms with Crippen molar-refractivity contribution < 1.29 is 14.3 Å². The van der Waals surface area contributed by atoms with Gasteiger partial charge in [0.05, 0.1) is 17.1 Å².